The van der Waals surface area contributed by atoms with Gasteiger partial charge in [-0.2, -0.15) is 0 Å². The number of ketones is 1. The van der Waals surface area contributed by atoms with Crippen LogP contribution in [-0.4, -0.2) is 33.8 Å². The molecule has 1 aliphatic heterocycles. The molecule has 0 saturated heterocycles. The van der Waals surface area contributed by atoms with Crippen LogP contribution in [0, 0.1) is 0 Å². The Kier molecular flexibility index (Phi) is 5.78. The maximum atomic E-state index is 11.6. The molecule has 5 rings (SSSR count). The number of fused-ring (bicyclic) bond motifs is 1. The Hall–Kier alpha value is -4.10. The van der Waals surface area contributed by atoms with E-state index < -0.39 is 0 Å². The lowest BCUT2D eigenvalue weighted by Crippen LogP contribution is -2.35. The maximum absolute atomic E-state index is 11.6. The molecular formula is C26H24N6O. The fraction of sp³-hybridized carbons (Fsp3) is 0.154. The Balaban J connectivity index is 1.27. The van der Waals surface area contributed by atoms with Crippen molar-refractivity contribution in [2.24, 2.45) is 0 Å². The quantitative estimate of drug-likeness (QED) is 0.418. The van der Waals surface area contributed by atoms with Gasteiger partial charge in [0.15, 0.2) is 5.78 Å². The van der Waals surface area contributed by atoms with Crippen LogP contribution >= 0.6 is 0 Å². The predicted octanol–water partition coefficient (Wildman–Crippen LogP) is 4.14. The van der Waals surface area contributed by atoms with Crippen molar-refractivity contribution in [3.05, 3.63) is 90.5 Å². The van der Waals surface area contributed by atoms with Crippen molar-refractivity contribution < 1.29 is 4.79 Å². The van der Waals surface area contributed by atoms with E-state index in [9.17, 15) is 4.79 Å². The molecule has 3 N–H and O–H groups in total. The van der Waals surface area contributed by atoms with Gasteiger partial charge in [0, 0.05) is 54.0 Å². The van der Waals surface area contributed by atoms with Crippen LogP contribution in [0.2, 0.25) is 0 Å². The molecule has 0 saturated carbocycles. The second-order valence-corrected chi connectivity index (χ2v) is 8.06. The highest BCUT2D eigenvalue weighted by Gasteiger charge is 2.12. The summed E-state index contributed by atoms with van der Waals surface area (Å²) in [5.41, 5.74) is 6.05. The highest BCUT2D eigenvalue weighted by Crippen LogP contribution is 2.24. The molecule has 0 aliphatic carbocycles. The van der Waals surface area contributed by atoms with Crippen LogP contribution in [0.4, 0.5) is 11.6 Å². The summed E-state index contributed by atoms with van der Waals surface area (Å²) in [5.74, 6) is 0.648. The lowest BCUT2D eigenvalue weighted by atomic mass is 10.1. The van der Waals surface area contributed by atoms with E-state index in [0.717, 1.165) is 39.0 Å². The van der Waals surface area contributed by atoms with Gasteiger partial charge in [0.05, 0.1) is 12.1 Å². The van der Waals surface area contributed by atoms with Gasteiger partial charge in [-0.15, -0.1) is 0 Å². The van der Waals surface area contributed by atoms with Gasteiger partial charge in [-0.1, -0.05) is 18.2 Å². The van der Waals surface area contributed by atoms with Crippen LogP contribution < -0.4 is 16.0 Å². The summed E-state index contributed by atoms with van der Waals surface area (Å²) >= 11 is 0. The van der Waals surface area contributed by atoms with Gasteiger partial charge >= 0.3 is 0 Å². The first-order chi connectivity index (χ1) is 16.1. The molecule has 2 aromatic carbocycles. The van der Waals surface area contributed by atoms with Crippen molar-refractivity contribution in [3.63, 3.8) is 0 Å². The summed E-state index contributed by atoms with van der Waals surface area (Å²) in [5, 5.41) is 10.8. The molecule has 4 aromatic rings. The van der Waals surface area contributed by atoms with Gasteiger partial charge in [-0.25, -0.2) is 9.97 Å². The number of rotatable bonds is 6. The van der Waals surface area contributed by atoms with Gasteiger partial charge in [0.25, 0.3) is 0 Å². The number of hydrogen-bond donors (Lipinski definition) is 3. The molecule has 33 heavy (non-hydrogen) atoms. The van der Waals surface area contributed by atoms with Crippen LogP contribution in [0.1, 0.15) is 18.5 Å². The van der Waals surface area contributed by atoms with Gasteiger partial charge < -0.3 is 16.0 Å². The molecule has 0 spiro atoms. The van der Waals surface area contributed by atoms with Crippen molar-refractivity contribution in [2.45, 2.75) is 13.0 Å². The summed E-state index contributed by atoms with van der Waals surface area (Å²) in [6.07, 6.45) is 7.09. The van der Waals surface area contributed by atoms with Gasteiger partial charge in [0.1, 0.15) is 0 Å². The average molecular weight is 437 g/mol. The van der Waals surface area contributed by atoms with E-state index in [-0.39, 0.29) is 11.8 Å². The molecule has 0 bridgehead atoms. The number of pyridine rings is 1. The standard InChI is InChI=1S/C26H24N6O/c1-17(30-23-13-24(33)16-28-15-23)18-2-5-22(6-3-18)31-26-29-14-21-12-20(4-7-25(21)32-26)19-8-10-27-11-9-19/h2-14,17,28,30H,15-16H2,1H3,(H,29,31,32)/t17-/m1/s1. The third kappa shape index (κ3) is 4.88. The normalized spacial score (nSPS) is 14.6. The first-order valence-electron chi connectivity index (χ1n) is 10.9. The van der Waals surface area contributed by atoms with Crippen LogP contribution in [-0.2, 0) is 4.79 Å². The first kappa shape index (κ1) is 20.8. The molecule has 1 aliphatic rings. The third-order valence-corrected chi connectivity index (χ3v) is 5.61. The fourth-order valence-electron chi connectivity index (χ4n) is 3.87. The van der Waals surface area contributed by atoms with E-state index in [1.165, 1.54) is 0 Å². The summed E-state index contributed by atoms with van der Waals surface area (Å²) in [6, 6.07) is 18.3. The van der Waals surface area contributed by atoms with Crippen molar-refractivity contribution in [2.75, 3.05) is 18.4 Å². The Labute approximate surface area is 192 Å². The highest BCUT2D eigenvalue weighted by atomic mass is 16.1. The van der Waals surface area contributed by atoms with Gasteiger partial charge in [-0.05, 0) is 60.0 Å². The largest absolute Gasteiger partial charge is 0.381 e. The molecule has 164 valence electrons. The number of carbonyl (C=O) groups is 1. The van der Waals surface area contributed by atoms with Crippen molar-refractivity contribution in [1.82, 2.24) is 25.6 Å². The number of benzene rings is 2. The SMILES string of the molecule is C[C@@H](NC1=CC(=O)CNC1)c1ccc(Nc2ncc3cc(-c4ccncc4)ccc3n2)cc1. The molecule has 7 nitrogen and oxygen atoms in total. The molecule has 0 amide bonds. The number of carbonyl (C=O) groups excluding carboxylic acids is 1. The Morgan fingerprint density at radius 3 is 2.58 bits per heavy atom. The zero-order chi connectivity index (χ0) is 22.6. The second-order valence-electron chi connectivity index (χ2n) is 8.06. The highest BCUT2D eigenvalue weighted by molar-refractivity contribution is 5.92. The Morgan fingerprint density at radius 1 is 0.970 bits per heavy atom. The van der Waals surface area contributed by atoms with E-state index in [4.69, 9.17) is 0 Å². The summed E-state index contributed by atoms with van der Waals surface area (Å²) in [6.45, 7) is 3.16. The van der Waals surface area contributed by atoms with Crippen LogP contribution in [0.15, 0.2) is 85.0 Å². The molecule has 0 radical (unpaired) electrons. The molecule has 0 unspecified atom stereocenters. The number of anilines is 2. The lowest BCUT2D eigenvalue weighted by Gasteiger charge is -2.21. The molecule has 3 heterocycles. The zero-order valence-electron chi connectivity index (χ0n) is 18.2. The summed E-state index contributed by atoms with van der Waals surface area (Å²) in [7, 11) is 0. The van der Waals surface area contributed by atoms with Crippen molar-refractivity contribution in [3.8, 4) is 11.1 Å². The van der Waals surface area contributed by atoms with Crippen molar-refractivity contribution >= 4 is 28.3 Å². The number of nitrogens with one attached hydrogen (secondary N) is 3. The summed E-state index contributed by atoms with van der Waals surface area (Å²) in [4.78, 5) is 24.8. The smallest absolute Gasteiger partial charge is 0.227 e. The van der Waals surface area contributed by atoms with Gasteiger partial charge in [0.2, 0.25) is 5.95 Å². The molecule has 1 atom stereocenters. The fourth-order valence-corrected chi connectivity index (χ4v) is 3.87. The third-order valence-electron chi connectivity index (χ3n) is 5.61. The minimum atomic E-state index is 0.0875. The number of nitrogens with zero attached hydrogens (tertiary/aromatic N) is 3. The van der Waals surface area contributed by atoms with Crippen LogP contribution in [0.5, 0.6) is 0 Å². The lowest BCUT2D eigenvalue weighted by molar-refractivity contribution is -0.114. The average Bonchev–Trinajstić information content (AvgIpc) is 2.85. The molecule has 7 heteroatoms. The van der Waals surface area contributed by atoms with Crippen molar-refractivity contribution in [1.29, 1.82) is 0 Å². The predicted molar refractivity (Wildman–Crippen MR) is 130 cm³/mol. The monoisotopic (exact) mass is 436 g/mol. The zero-order valence-corrected chi connectivity index (χ0v) is 18.2. The maximum Gasteiger partial charge on any atom is 0.227 e. The molecular weight excluding hydrogens is 412 g/mol. The van der Waals surface area contributed by atoms with Gasteiger partial charge in [-0.3, -0.25) is 9.78 Å². The van der Waals surface area contributed by atoms with E-state index >= 15 is 0 Å². The molecule has 0 fully saturated rings. The minimum Gasteiger partial charge on any atom is -0.381 e. The van der Waals surface area contributed by atoms with E-state index in [0.29, 0.717) is 19.0 Å². The minimum absolute atomic E-state index is 0.0875. The topological polar surface area (TPSA) is 91.8 Å². The second kappa shape index (κ2) is 9.18. The van der Waals surface area contributed by atoms with E-state index in [2.05, 4.69) is 62.1 Å². The first-order valence-corrected chi connectivity index (χ1v) is 10.9. The Bertz CT molecular complexity index is 1320. The van der Waals surface area contributed by atoms with Crippen LogP contribution in [0.3, 0.4) is 0 Å². The van der Waals surface area contributed by atoms with E-state index in [1.54, 1.807) is 18.5 Å². The number of aromatic nitrogens is 3. The Morgan fingerprint density at radius 2 is 1.79 bits per heavy atom. The van der Waals surface area contributed by atoms with Crippen LogP contribution in [0.25, 0.3) is 22.0 Å². The van der Waals surface area contributed by atoms with E-state index in [1.807, 2.05) is 36.5 Å². The number of hydrogen-bond acceptors (Lipinski definition) is 7. The molecule has 2 aromatic heterocycles. The summed E-state index contributed by atoms with van der Waals surface area (Å²) < 4.78 is 0.